The minimum atomic E-state index is -1.08. The van der Waals surface area contributed by atoms with Crippen molar-refractivity contribution < 1.29 is 19.5 Å². The lowest BCUT2D eigenvalue weighted by atomic mass is 9.81. The van der Waals surface area contributed by atoms with E-state index < -0.39 is 12.5 Å². The number of carboxylic acid groups (broad SMARTS) is 1. The maximum atomic E-state index is 12.5. The summed E-state index contributed by atoms with van der Waals surface area (Å²) in [6, 6.07) is 15.4. The largest absolute Gasteiger partial charge is 0.480 e. The van der Waals surface area contributed by atoms with Crippen molar-refractivity contribution in [2.24, 2.45) is 0 Å². The van der Waals surface area contributed by atoms with Crippen molar-refractivity contribution in [2.45, 2.75) is 38.0 Å². The number of carbonyl (C=O) groups is 3. The highest BCUT2D eigenvalue weighted by atomic mass is 16.4. The molecule has 0 saturated carbocycles. The average Bonchev–Trinajstić information content (AvgIpc) is 2.68. The number of rotatable bonds is 7. The zero-order valence-electron chi connectivity index (χ0n) is 15.6. The van der Waals surface area contributed by atoms with Crippen molar-refractivity contribution >= 4 is 23.5 Å². The van der Waals surface area contributed by atoms with Crippen molar-refractivity contribution in [2.75, 3.05) is 11.9 Å². The van der Waals surface area contributed by atoms with Gasteiger partial charge in [-0.2, -0.15) is 0 Å². The lowest BCUT2D eigenvalue weighted by Gasteiger charge is -2.25. The Balaban J connectivity index is 1.52. The Hall–Kier alpha value is -3.15. The molecule has 146 valence electrons. The summed E-state index contributed by atoms with van der Waals surface area (Å²) >= 11 is 0. The Kier molecular flexibility index (Phi) is 6.42. The van der Waals surface area contributed by atoms with Gasteiger partial charge in [0.25, 0.3) is 0 Å². The molecule has 28 heavy (non-hydrogen) atoms. The molecular weight excluding hydrogens is 356 g/mol. The Morgan fingerprint density at radius 1 is 1.00 bits per heavy atom. The van der Waals surface area contributed by atoms with Gasteiger partial charge in [0.15, 0.2) is 0 Å². The monoisotopic (exact) mass is 380 g/mol. The molecule has 1 unspecified atom stereocenters. The number of carbonyl (C=O) groups excluding carboxylic acids is 2. The van der Waals surface area contributed by atoms with Gasteiger partial charge in [0.1, 0.15) is 6.54 Å². The number of carboxylic acids is 1. The average molecular weight is 380 g/mol. The van der Waals surface area contributed by atoms with E-state index in [-0.39, 0.29) is 24.2 Å². The highest BCUT2D eigenvalue weighted by molar-refractivity contribution is 5.91. The molecule has 0 aromatic heterocycles. The Morgan fingerprint density at radius 2 is 1.75 bits per heavy atom. The Labute approximate surface area is 164 Å². The Bertz CT molecular complexity index is 861. The number of nitrogens with one attached hydrogen (secondary N) is 2. The number of anilines is 1. The van der Waals surface area contributed by atoms with Crippen molar-refractivity contribution in [3.05, 3.63) is 65.2 Å². The second kappa shape index (κ2) is 9.17. The second-order valence-corrected chi connectivity index (χ2v) is 7.08. The summed E-state index contributed by atoms with van der Waals surface area (Å²) in [5.41, 5.74) is 4.06. The molecule has 1 aliphatic rings. The minimum Gasteiger partial charge on any atom is -0.480 e. The van der Waals surface area contributed by atoms with Crippen molar-refractivity contribution in [3.63, 3.8) is 0 Å². The van der Waals surface area contributed by atoms with Crippen molar-refractivity contribution in [3.8, 4) is 0 Å². The van der Waals surface area contributed by atoms with Crippen molar-refractivity contribution in [1.29, 1.82) is 0 Å². The fraction of sp³-hybridized carbons (Fsp3) is 0.318. The standard InChI is InChI=1S/C22H24N2O4/c25-20(23-14-22(27)28)12-15-8-10-18(11-9-15)24-21(26)13-17-6-3-5-16-4-1-2-7-19(16)17/h1-2,4,7-11,17H,3,5-6,12-14H2,(H,23,25)(H,24,26)(H,27,28). The first-order chi connectivity index (χ1) is 13.5. The summed E-state index contributed by atoms with van der Waals surface area (Å²) in [5.74, 6) is -1.20. The number of fused-ring (bicyclic) bond motifs is 1. The maximum Gasteiger partial charge on any atom is 0.322 e. The number of hydrogen-bond acceptors (Lipinski definition) is 3. The lowest BCUT2D eigenvalue weighted by molar-refractivity contribution is -0.137. The first kappa shape index (κ1) is 19.6. The van der Waals surface area contributed by atoms with Gasteiger partial charge in [-0.25, -0.2) is 0 Å². The van der Waals surface area contributed by atoms with Crippen LogP contribution >= 0.6 is 0 Å². The molecule has 2 amide bonds. The second-order valence-electron chi connectivity index (χ2n) is 7.08. The number of aryl methyl sites for hydroxylation is 1. The number of benzene rings is 2. The van der Waals surface area contributed by atoms with Gasteiger partial charge < -0.3 is 15.7 Å². The quantitative estimate of drug-likeness (QED) is 0.688. The van der Waals surface area contributed by atoms with E-state index in [0.717, 1.165) is 24.8 Å². The number of hydrogen-bond donors (Lipinski definition) is 3. The summed E-state index contributed by atoms with van der Waals surface area (Å²) in [5, 5.41) is 13.8. The highest BCUT2D eigenvalue weighted by Gasteiger charge is 2.22. The van der Waals surface area contributed by atoms with Crippen LogP contribution < -0.4 is 10.6 Å². The molecule has 0 spiro atoms. The van der Waals surface area contributed by atoms with E-state index in [4.69, 9.17) is 5.11 Å². The molecule has 2 aromatic carbocycles. The van der Waals surface area contributed by atoms with Crippen LogP contribution in [0.15, 0.2) is 48.5 Å². The maximum absolute atomic E-state index is 12.5. The van der Waals surface area contributed by atoms with Crippen LogP contribution in [-0.2, 0) is 27.2 Å². The SMILES string of the molecule is O=C(O)CNC(=O)Cc1ccc(NC(=O)CC2CCCc3ccccc32)cc1. The topological polar surface area (TPSA) is 95.5 Å². The molecule has 6 heteroatoms. The molecule has 0 saturated heterocycles. The number of amides is 2. The predicted molar refractivity (Wildman–Crippen MR) is 106 cm³/mol. The molecule has 1 atom stereocenters. The van der Waals surface area contributed by atoms with Crippen LogP contribution in [0.5, 0.6) is 0 Å². The zero-order valence-corrected chi connectivity index (χ0v) is 15.6. The fourth-order valence-corrected chi connectivity index (χ4v) is 3.63. The van der Waals surface area contributed by atoms with E-state index in [1.54, 1.807) is 24.3 Å². The van der Waals surface area contributed by atoms with E-state index in [2.05, 4.69) is 22.8 Å². The molecule has 1 aliphatic carbocycles. The molecule has 6 nitrogen and oxygen atoms in total. The van der Waals surface area contributed by atoms with Gasteiger partial charge >= 0.3 is 5.97 Å². The molecule has 2 aromatic rings. The van der Waals surface area contributed by atoms with Crippen LogP contribution in [0.25, 0.3) is 0 Å². The number of aliphatic carboxylic acids is 1. The molecule has 3 N–H and O–H groups in total. The van der Waals surface area contributed by atoms with Gasteiger partial charge in [-0.05, 0) is 54.0 Å². The first-order valence-corrected chi connectivity index (χ1v) is 9.46. The molecule has 0 bridgehead atoms. The fourth-order valence-electron chi connectivity index (χ4n) is 3.63. The van der Waals surface area contributed by atoms with Gasteiger partial charge in [0.2, 0.25) is 11.8 Å². The first-order valence-electron chi connectivity index (χ1n) is 9.46. The molecule has 0 radical (unpaired) electrons. The minimum absolute atomic E-state index is 0.0198. The zero-order chi connectivity index (χ0) is 19.9. The normalized spacial score (nSPS) is 15.4. The highest BCUT2D eigenvalue weighted by Crippen LogP contribution is 2.34. The van der Waals surface area contributed by atoms with Crippen LogP contribution in [-0.4, -0.2) is 29.4 Å². The van der Waals surface area contributed by atoms with Crippen LogP contribution in [0.2, 0.25) is 0 Å². The smallest absolute Gasteiger partial charge is 0.322 e. The van der Waals surface area contributed by atoms with Gasteiger partial charge in [-0.15, -0.1) is 0 Å². The molecule has 0 heterocycles. The summed E-state index contributed by atoms with van der Waals surface area (Å²) in [4.78, 5) is 34.6. The van der Waals surface area contributed by atoms with Crippen LogP contribution in [0.4, 0.5) is 5.69 Å². The van der Waals surface area contributed by atoms with Crippen LogP contribution in [0.3, 0.4) is 0 Å². The van der Waals surface area contributed by atoms with E-state index in [0.29, 0.717) is 12.1 Å². The van der Waals surface area contributed by atoms with Gasteiger partial charge in [0, 0.05) is 12.1 Å². The summed E-state index contributed by atoms with van der Waals surface area (Å²) in [7, 11) is 0. The van der Waals surface area contributed by atoms with E-state index in [1.807, 2.05) is 12.1 Å². The summed E-state index contributed by atoms with van der Waals surface area (Å²) < 4.78 is 0. The molecular formula is C22H24N2O4. The van der Waals surface area contributed by atoms with E-state index in [9.17, 15) is 14.4 Å². The van der Waals surface area contributed by atoms with Crippen LogP contribution in [0.1, 0.15) is 41.9 Å². The third kappa shape index (κ3) is 5.42. The van der Waals surface area contributed by atoms with Gasteiger partial charge in [-0.1, -0.05) is 36.4 Å². The lowest BCUT2D eigenvalue weighted by Crippen LogP contribution is -2.30. The van der Waals surface area contributed by atoms with Crippen LogP contribution in [0, 0.1) is 0 Å². The molecule has 3 rings (SSSR count). The predicted octanol–water partition coefficient (Wildman–Crippen LogP) is 2.88. The third-order valence-corrected chi connectivity index (χ3v) is 4.96. The van der Waals surface area contributed by atoms with E-state index in [1.165, 1.54) is 11.1 Å². The summed E-state index contributed by atoms with van der Waals surface area (Å²) in [6.45, 7) is -0.392. The molecule has 0 fully saturated rings. The van der Waals surface area contributed by atoms with Gasteiger partial charge in [-0.3, -0.25) is 14.4 Å². The van der Waals surface area contributed by atoms with Crippen molar-refractivity contribution in [1.82, 2.24) is 5.32 Å². The summed E-state index contributed by atoms with van der Waals surface area (Å²) in [6.07, 6.45) is 3.76. The molecule has 0 aliphatic heterocycles. The Morgan fingerprint density at radius 3 is 2.50 bits per heavy atom. The van der Waals surface area contributed by atoms with E-state index >= 15 is 0 Å². The third-order valence-electron chi connectivity index (χ3n) is 4.96. The van der Waals surface area contributed by atoms with Gasteiger partial charge in [0.05, 0.1) is 6.42 Å².